The molecule has 1 spiro atoms. The second-order valence-corrected chi connectivity index (χ2v) is 3.82. The van der Waals surface area contributed by atoms with Crippen LogP contribution in [0.25, 0.3) is 0 Å². The second-order valence-electron chi connectivity index (χ2n) is 3.82. The van der Waals surface area contributed by atoms with E-state index >= 15 is 0 Å². The lowest BCUT2D eigenvalue weighted by Crippen LogP contribution is -2.51. The van der Waals surface area contributed by atoms with E-state index in [0.29, 0.717) is 0 Å². The molecule has 12 heavy (non-hydrogen) atoms. The van der Waals surface area contributed by atoms with Crippen LogP contribution in [0.4, 0.5) is 4.79 Å². The Hall–Kier alpha value is -0.770. The summed E-state index contributed by atoms with van der Waals surface area (Å²) in [5.74, 6) is 0. The summed E-state index contributed by atoms with van der Waals surface area (Å²) in [4.78, 5) is 13.0. The molecule has 0 aliphatic carbocycles. The van der Waals surface area contributed by atoms with Crippen molar-refractivity contribution in [3.63, 3.8) is 0 Å². The third-order valence-corrected chi connectivity index (χ3v) is 2.82. The first-order chi connectivity index (χ1) is 5.72. The molecule has 4 nitrogen and oxygen atoms in total. The van der Waals surface area contributed by atoms with Gasteiger partial charge in [-0.15, -0.1) is 0 Å². The molecule has 2 N–H and O–H groups in total. The molecule has 0 atom stereocenters. The lowest BCUT2D eigenvalue weighted by molar-refractivity contribution is 0.225. The Kier molecular flexibility index (Phi) is 1.72. The van der Waals surface area contributed by atoms with Gasteiger partial charge in [0.25, 0.3) is 0 Å². The largest absolute Gasteiger partial charge is 0.331 e. The highest BCUT2D eigenvalue weighted by atomic mass is 16.2. The van der Waals surface area contributed by atoms with E-state index in [9.17, 15) is 4.79 Å². The fourth-order valence-electron chi connectivity index (χ4n) is 2.08. The number of nitrogens with one attached hydrogen (secondary N) is 2. The van der Waals surface area contributed by atoms with E-state index in [2.05, 4.69) is 10.6 Å². The summed E-state index contributed by atoms with van der Waals surface area (Å²) < 4.78 is 0. The summed E-state index contributed by atoms with van der Waals surface area (Å²) in [6.45, 7) is 2.91. The van der Waals surface area contributed by atoms with Crippen LogP contribution < -0.4 is 10.6 Å². The van der Waals surface area contributed by atoms with Crippen molar-refractivity contribution in [2.75, 3.05) is 26.7 Å². The standard InChI is InChI=1S/C8H15N3O/c1-11-6-8(10-7(11)12)2-4-9-5-3-8/h9H,2-6H2,1H3,(H,10,12). The Labute approximate surface area is 72.3 Å². The zero-order valence-corrected chi connectivity index (χ0v) is 7.39. The first-order valence-electron chi connectivity index (χ1n) is 4.46. The molecule has 2 amide bonds. The van der Waals surface area contributed by atoms with Crippen molar-refractivity contribution < 1.29 is 4.79 Å². The lowest BCUT2D eigenvalue weighted by Gasteiger charge is -2.32. The summed E-state index contributed by atoms with van der Waals surface area (Å²) in [6, 6.07) is 0.0805. The molecular weight excluding hydrogens is 154 g/mol. The highest BCUT2D eigenvalue weighted by molar-refractivity contribution is 5.77. The minimum atomic E-state index is 0.0804. The molecule has 4 heteroatoms. The maximum absolute atomic E-state index is 11.2. The van der Waals surface area contributed by atoms with Gasteiger partial charge in [-0.2, -0.15) is 0 Å². The monoisotopic (exact) mass is 169 g/mol. The van der Waals surface area contributed by atoms with Gasteiger partial charge in [0, 0.05) is 13.6 Å². The Morgan fingerprint density at radius 1 is 1.42 bits per heavy atom. The third-order valence-electron chi connectivity index (χ3n) is 2.82. The molecule has 0 aromatic rings. The third kappa shape index (κ3) is 1.16. The Morgan fingerprint density at radius 2 is 2.08 bits per heavy atom. The van der Waals surface area contributed by atoms with Crippen molar-refractivity contribution >= 4 is 6.03 Å². The van der Waals surface area contributed by atoms with Crippen LogP contribution in [0.15, 0.2) is 0 Å². The number of nitrogens with zero attached hydrogens (tertiary/aromatic N) is 1. The van der Waals surface area contributed by atoms with E-state index in [1.165, 1.54) is 0 Å². The summed E-state index contributed by atoms with van der Waals surface area (Å²) in [7, 11) is 1.85. The summed E-state index contributed by atoms with van der Waals surface area (Å²) in [5.41, 5.74) is 0.0804. The van der Waals surface area contributed by atoms with Gasteiger partial charge in [-0.25, -0.2) is 4.79 Å². The molecule has 2 saturated heterocycles. The van der Waals surface area contributed by atoms with E-state index in [0.717, 1.165) is 32.5 Å². The van der Waals surface area contributed by atoms with Crippen LogP contribution in [0, 0.1) is 0 Å². The zero-order chi connectivity index (χ0) is 8.60. The van der Waals surface area contributed by atoms with E-state index in [1.54, 1.807) is 4.90 Å². The summed E-state index contributed by atoms with van der Waals surface area (Å²) in [5, 5.41) is 6.36. The molecule has 0 radical (unpaired) electrons. The second kappa shape index (κ2) is 2.62. The number of carbonyl (C=O) groups excluding carboxylic acids is 1. The molecule has 0 bridgehead atoms. The van der Waals surface area contributed by atoms with Gasteiger partial charge >= 0.3 is 6.03 Å². The quantitative estimate of drug-likeness (QED) is 0.526. The van der Waals surface area contributed by atoms with Gasteiger partial charge < -0.3 is 15.5 Å². The predicted octanol–water partition coefficient (Wildman–Crippen LogP) is -0.236. The maximum Gasteiger partial charge on any atom is 0.317 e. The molecule has 0 aromatic carbocycles. The van der Waals surface area contributed by atoms with Gasteiger partial charge in [-0.1, -0.05) is 0 Å². The molecule has 2 rings (SSSR count). The van der Waals surface area contributed by atoms with Crippen molar-refractivity contribution in [1.29, 1.82) is 0 Å². The Morgan fingerprint density at radius 3 is 2.58 bits per heavy atom. The molecule has 0 unspecified atom stereocenters. The van der Waals surface area contributed by atoms with Crippen LogP contribution in [-0.4, -0.2) is 43.2 Å². The smallest absolute Gasteiger partial charge is 0.317 e. The number of piperidine rings is 1. The number of carbonyl (C=O) groups is 1. The number of likely N-dealkylation sites (N-methyl/N-ethyl adjacent to an activating group) is 1. The molecule has 0 aromatic heterocycles. The van der Waals surface area contributed by atoms with Crippen LogP contribution in [0.2, 0.25) is 0 Å². The number of urea groups is 1. The number of hydrogen-bond acceptors (Lipinski definition) is 2. The topological polar surface area (TPSA) is 44.4 Å². The van der Waals surface area contributed by atoms with E-state index < -0.39 is 0 Å². The number of amides is 2. The van der Waals surface area contributed by atoms with E-state index in [-0.39, 0.29) is 11.6 Å². The van der Waals surface area contributed by atoms with Gasteiger partial charge in [-0.3, -0.25) is 0 Å². The molecule has 0 saturated carbocycles. The highest BCUT2D eigenvalue weighted by Crippen LogP contribution is 2.23. The van der Waals surface area contributed by atoms with Crippen molar-refractivity contribution in [3.8, 4) is 0 Å². The highest BCUT2D eigenvalue weighted by Gasteiger charge is 2.41. The Bertz CT molecular complexity index is 198. The summed E-state index contributed by atoms with van der Waals surface area (Å²) in [6.07, 6.45) is 2.12. The molecule has 2 fully saturated rings. The average molecular weight is 169 g/mol. The van der Waals surface area contributed by atoms with Crippen LogP contribution in [0.5, 0.6) is 0 Å². The fraction of sp³-hybridized carbons (Fsp3) is 0.875. The van der Waals surface area contributed by atoms with Gasteiger partial charge in [-0.05, 0) is 25.9 Å². The minimum Gasteiger partial charge on any atom is -0.331 e. The van der Waals surface area contributed by atoms with E-state index in [1.807, 2.05) is 7.05 Å². The Balaban J connectivity index is 2.07. The van der Waals surface area contributed by atoms with Crippen LogP contribution in [0.1, 0.15) is 12.8 Å². The maximum atomic E-state index is 11.2. The van der Waals surface area contributed by atoms with Crippen molar-refractivity contribution in [1.82, 2.24) is 15.5 Å². The number of hydrogen-bond donors (Lipinski definition) is 2. The van der Waals surface area contributed by atoms with Gasteiger partial charge in [0.15, 0.2) is 0 Å². The molecule has 2 aliphatic rings. The van der Waals surface area contributed by atoms with Crippen molar-refractivity contribution in [2.24, 2.45) is 0 Å². The van der Waals surface area contributed by atoms with Crippen LogP contribution in [0.3, 0.4) is 0 Å². The molecule has 68 valence electrons. The molecule has 2 heterocycles. The predicted molar refractivity (Wildman–Crippen MR) is 46.0 cm³/mol. The minimum absolute atomic E-state index is 0.0804. The zero-order valence-electron chi connectivity index (χ0n) is 7.39. The lowest BCUT2D eigenvalue weighted by atomic mass is 9.89. The molecular formula is C8H15N3O. The van der Waals surface area contributed by atoms with E-state index in [4.69, 9.17) is 0 Å². The summed E-state index contributed by atoms with van der Waals surface area (Å²) >= 11 is 0. The van der Waals surface area contributed by atoms with Gasteiger partial charge in [0.05, 0.1) is 5.54 Å². The van der Waals surface area contributed by atoms with Gasteiger partial charge in [0.2, 0.25) is 0 Å². The van der Waals surface area contributed by atoms with Crippen LogP contribution >= 0.6 is 0 Å². The number of rotatable bonds is 0. The fourth-order valence-corrected chi connectivity index (χ4v) is 2.08. The van der Waals surface area contributed by atoms with Crippen molar-refractivity contribution in [3.05, 3.63) is 0 Å². The SMILES string of the molecule is CN1CC2(CCNCC2)NC1=O. The van der Waals surface area contributed by atoms with Gasteiger partial charge in [0.1, 0.15) is 0 Å². The first-order valence-corrected chi connectivity index (χ1v) is 4.46. The average Bonchev–Trinajstić information content (AvgIpc) is 2.29. The first kappa shape index (κ1) is 7.86. The molecule has 2 aliphatic heterocycles. The van der Waals surface area contributed by atoms with Crippen molar-refractivity contribution in [2.45, 2.75) is 18.4 Å². The normalized spacial score (nSPS) is 27.8. The van der Waals surface area contributed by atoms with Crippen LogP contribution in [-0.2, 0) is 0 Å².